The summed E-state index contributed by atoms with van der Waals surface area (Å²) in [5.74, 6) is 0. The number of benzene rings is 2. The van der Waals surface area contributed by atoms with E-state index in [1.54, 1.807) is 11.3 Å². The molecule has 15 heavy (non-hydrogen) atoms. The highest BCUT2D eigenvalue weighted by Gasteiger charge is 2.02. The third kappa shape index (κ3) is 1.07. The molecular weight excluding hydrogens is 200 g/mol. The lowest BCUT2D eigenvalue weighted by molar-refractivity contribution is 1.74. The Labute approximate surface area is 91.8 Å². The van der Waals surface area contributed by atoms with Gasteiger partial charge in [0.25, 0.3) is 0 Å². The summed E-state index contributed by atoms with van der Waals surface area (Å²) < 4.78 is 0. The van der Waals surface area contributed by atoms with Gasteiger partial charge < -0.3 is 0 Å². The third-order valence-electron chi connectivity index (χ3n) is 2.89. The molecule has 0 amide bonds. The number of hydrogen-bond donors (Lipinski definition) is 0. The van der Waals surface area contributed by atoms with E-state index in [9.17, 15) is 0 Å². The predicted molar refractivity (Wildman–Crippen MR) is 69.6 cm³/mol. The lowest BCUT2D eigenvalue weighted by Crippen LogP contribution is -2.10. The molecule has 0 unspecified atom stereocenters. The van der Waals surface area contributed by atoms with Crippen LogP contribution in [-0.4, -0.2) is 0 Å². The lowest BCUT2D eigenvalue weighted by atomic mass is 10.0. The summed E-state index contributed by atoms with van der Waals surface area (Å²) in [4.78, 5) is 0. The van der Waals surface area contributed by atoms with Gasteiger partial charge in [-0.25, -0.2) is 0 Å². The van der Waals surface area contributed by atoms with Gasteiger partial charge in [0.1, 0.15) is 0 Å². The van der Waals surface area contributed by atoms with Crippen molar-refractivity contribution in [3.63, 3.8) is 0 Å². The van der Waals surface area contributed by atoms with E-state index in [0.29, 0.717) is 0 Å². The van der Waals surface area contributed by atoms with E-state index in [2.05, 4.69) is 48.2 Å². The van der Waals surface area contributed by atoms with Crippen LogP contribution in [-0.2, 0) is 0 Å². The molecule has 1 heteroatoms. The van der Waals surface area contributed by atoms with E-state index in [0.717, 1.165) is 10.4 Å². The van der Waals surface area contributed by atoms with Crippen molar-refractivity contribution < 1.29 is 0 Å². The molecule has 0 saturated heterocycles. The van der Waals surface area contributed by atoms with Gasteiger partial charge in [0.2, 0.25) is 0 Å². The maximum Gasteiger partial charge on any atom is 0.000213 e. The molecule has 0 spiro atoms. The van der Waals surface area contributed by atoms with Gasteiger partial charge >= 0.3 is 0 Å². The highest BCUT2D eigenvalue weighted by Crippen LogP contribution is 2.16. The molecule has 0 aliphatic carbocycles. The first kappa shape index (κ1) is 8.69. The molecule has 0 fully saturated rings. The minimum Gasteiger partial charge on any atom is -0.151 e. The molecule has 0 atom stereocenters. The Morgan fingerprint density at radius 2 is 1.20 bits per heavy atom. The van der Waals surface area contributed by atoms with Crippen molar-refractivity contribution in [2.45, 2.75) is 0 Å². The largest absolute Gasteiger partial charge is 0.151 e. The molecule has 3 rings (SSSR count). The second-order valence-corrected chi connectivity index (χ2v) is 4.45. The van der Waals surface area contributed by atoms with Crippen LogP contribution in [0.1, 0.15) is 0 Å². The summed E-state index contributed by atoms with van der Waals surface area (Å²) in [5, 5.41) is 11.5. The lowest BCUT2D eigenvalue weighted by Gasteiger charge is -2.01. The average molecular weight is 210 g/mol. The Balaban J connectivity index is 2.83. The summed E-state index contributed by atoms with van der Waals surface area (Å²) in [7, 11) is 0. The summed E-state index contributed by atoms with van der Waals surface area (Å²) in [6, 6.07) is 8.33. The molecule has 1 aromatic heterocycles. The third-order valence-corrected chi connectivity index (χ3v) is 3.63. The second kappa shape index (κ2) is 2.94. The average Bonchev–Trinajstić information content (AvgIpc) is 2.75. The van der Waals surface area contributed by atoms with E-state index in [-0.39, 0.29) is 0 Å². The monoisotopic (exact) mass is 210 g/mol. The van der Waals surface area contributed by atoms with Crippen molar-refractivity contribution in [1.82, 2.24) is 0 Å². The molecule has 0 aliphatic rings. The predicted octanol–water partition coefficient (Wildman–Crippen LogP) is 2.88. The van der Waals surface area contributed by atoms with Crippen molar-refractivity contribution in [2.75, 3.05) is 0 Å². The van der Waals surface area contributed by atoms with Crippen molar-refractivity contribution in [3.8, 4) is 0 Å². The van der Waals surface area contributed by atoms with E-state index in [4.69, 9.17) is 0 Å². The summed E-state index contributed by atoms with van der Waals surface area (Å²) in [5.41, 5.74) is 0. The van der Waals surface area contributed by atoms with Crippen LogP contribution in [0.25, 0.3) is 34.7 Å². The Kier molecular flexibility index (Phi) is 1.70. The van der Waals surface area contributed by atoms with Gasteiger partial charge in [-0.15, -0.1) is 0 Å². The van der Waals surface area contributed by atoms with E-state index in [1.807, 2.05) is 0 Å². The highest BCUT2D eigenvalue weighted by molar-refractivity contribution is 7.09. The summed E-state index contributed by atoms with van der Waals surface area (Å²) >= 11 is 1.71. The molecule has 3 aromatic rings. The minimum absolute atomic E-state index is 1.12. The highest BCUT2D eigenvalue weighted by atomic mass is 32.1. The fourth-order valence-electron chi connectivity index (χ4n) is 2.06. The molecular formula is C14H10S. The molecule has 0 radical (unpaired) electrons. The Bertz CT molecular complexity index is 686. The normalized spacial score (nSPS) is 11.2. The van der Waals surface area contributed by atoms with Crippen molar-refractivity contribution in [1.29, 1.82) is 0 Å². The van der Waals surface area contributed by atoms with Crippen molar-refractivity contribution >= 4 is 46.0 Å². The van der Waals surface area contributed by atoms with E-state index < -0.39 is 0 Å². The van der Waals surface area contributed by atoms with Crippen molar-refractivity contribution in [2.24, 2.45) is 0 Å². The van der Waals surface area contributed by atoms with Crippen LogP contribution in [0.4, 0.5) is 0 Å². The summed E-state index contributed by atoms with van der Waals surface area (Å²) in [6.07, 6.45) is 0. The number of thiophene rings is 1. The van der Waals surface area contributed by atoms with E-state index in [1.165, 1.54) is 21.5 Å². The molecule has 0 aliphatic heterocycles. The van der Waals surface area contributed by atoms with Crippen LogP contribution in [0.15, 0.2) is 35.0 Å². The van der Waals surface area contributed by atoms with Crippen LogP contribution in [0, 0.1) is 0 Å². The molecule has 2 aromatic carbocycles. The van der Waals surface area contributed by atoms with Gasteiger partial charge in [-0.1, -0.05) is 37.4 Å². The van der Waals surface area contributed by atoms with Crippen LogP contribution < -0.4 is 10.4 Å². The Hall–Kier alpha value is -1.60. The van der Waals surface area contributed by atoms with Crippen LogP contribution in [0.2, 0.25) is 0 Å². The summed E-state index contributed by atoms with van der Waals surface area (Å²) in [6.45, 7) is 8.34. The van der Waals surface area contributed by atoms with Crippen LogP contribution in [0.3, 0.4) is 0 Å². The zero-order chi connectivity index (χ0) is 10.4. The second-order valence-electron chi connectivity index (χ2n) is 3.70. The fourth-order valence-corrected chi connectivity index (χ4v) is 2.94. The minimum atomic E-state index is 1.12. The first-order valence-corrected chi connectivity index (χ1v) is 5.78. The SMILES string of the molecule is C=c1c2ccccc2c(=C)c2cscc12. The van der Waals surface area contributed by atoms with Gasteiger partial charge in [0.15, 0.2) is 0 Å². The maximum atomic E-state index is 4.17. The van der Waals surface area contributed by atoms with Gasteiger partial charge in [-0.05, 0) is 32.0 Å². The van der Waals surface area contributed by atoms with Gasteiger partial charge in [-0.3, -0.25) is 0 Å². The number of rotatable bonds is 0. The Morgan fingerprint density at radius 1 is 0.733 bits per heavy atom. The molecule has 0 bridgehead atoms. The zero-order valence-corrected chi connectivity index (χ0v) is 9.10. The first-order valence-electron chi connectivity index (χ1n) is 4.83. The van der Waals surface area contributed by atoms with Gasteiger partial charge in [-0.2, -0.15) is 11.3 Å². The van der Waals surface area contributed by atoms with Gasteiger partial charge in [0, 0.05) is 10.8 Å². The fraction of sp³-hybridized carbons (Fsp3) is 0. The molecule has 0 saturated carbocycles. The van der Waals surface area contributed by atoms with E-state index >= 15 is 0 Å². The first-order chi connectivity index (χ1) is 7.29. The van der Waals surface area contributed by atoms with Crippen LogP contribution in [0.5, 0.6) is 0 Å². The molecule has 1 heterocycles. The molecule has 72 valence electrons. The zero-order valence-electron chi connectivity index (χ0n) is 8.29. The van der Waals surface area contributed by atoms with Crippen molar-refractivity contribution in [3.05, 3.63) is 45.5 Å². The quantitative estimate of drug-likeness (QED) is 0.535. The van der Waals surface area contributed by atoms with Crippen LogP contribution >= 0.6 is 11.3 Å². The smallest absolute Gasteiger partial charge is 0.000213 e. The van der Waals surface area contributed by atoms with Gasteiger partial charge in [0.05, 0.1) is 0 Å². The Morgan fingerprint density at radius 3 is 1.67 bits per heavy atom. The number of fused-ring (bicyclic) bond motifs is 2. The molecule has 0 nitrogen and oxygen atoms in total. The topological polar surface area (TPSA) is 0 Å². The maximum absolute atomic E-state index is 4.17. The molecule has 0 N–H and O–H groups in total. The standard InChI is InChI=1S/C14H10S/c1-9-11-5-3-4-6-12(11)10(2)14-8-15-7-13(9)14/h3-8H,1-2H2. The number of hydrogen-bond acceptors (Lipinski definition) is 1.